The molecule has 6 nitrogen and oxygen atoms in total. The number of anilines is 2. The van der Waals surface area contributed by atoms with E-state index in [0.717, 1.165) is 34.3 Å². The number of carbonyl (C=O) groups excluding carboxylic acids is 1. The lowest BCUT2D eigenvalue weighted by Gasteiger charge is -2.15. The Morgan fingerprint density at radius 3 is 2.27 bits per heavy atom. The van der Waals surface area contributed by atoms with Crippen molar-refractivity contribution in [2.24, 2.45) is 0 Å². The molecular formula is C23H21N3O3S. The molecule has 0 bridgehead atoms. The number of nitrogens with one attached hydrogen (secondary N) is 3. The molecule has 30 heavy (non-hydrogen) atoms. The highest BCUT2D eigenvalue weighted by Crippen LogP contribution is 2.37. The molecule has 1 aliphatic heterocycles. The molecule has 0 saturated heterocycles. The van der Waals surface area contributed by atoms with E-state index in [9.17, 15) is 13.2 Å². The predicted molar refractivity (Wildman–Crippen MR) is 120 cm³/mol. The number of hydrogen-bond acceptors (Lipinski definition) is 4. The standard InChI is InChI=1S/C23H21N3O3S/c1-30(28,29)24-15-16-11-13-18(14-12-16)25-22(17-7-3-2-4-8-17)21-19-9-5-6-10-20(19)26-23(21)27/h2-14,24-25H,15H2,1H3,(H,26,27). The van der Waals surface area contributed by atoms with Gasteiger partial charge in [0.05, 0.1) is 17.5 Å². The van der Waals surface area contributed by atoms with Crippen molar-refractivity contribution >= 4 is 38.6 Å². The summed E-state index contributed by atoms with van der Waals surface area (Å²) in [5.74, 6) is -0.156. The maximum absolute atomic E-state index is 12.8. The van der Waals surface area contributed by atoms with Crippen LogP contribution in [0.5, 0.6) is 0 Å². The summed E-state index contributed by atoms with van der Waals surface area (Å²) in [6.07, 6.45) is 1.13. The minimum Gasteiger partial charge on any atom is -0.354 e. The van der Waals surface area contributed by atoms with Crippen LogP contribution in [0.1, 0.15) is 16.7 Å². The van der Waals surface area contributed by atoms with Gasteiger partial charge in [-0.3, -0.25) is 4.79 Å². The van der Waals surface area contributed by atoms with Crippen molar-refractivity contribution in [2.45, 2.75) is 6.54 Å². The van der Waals surface area contributed by atoms with Gasteiger partial charge in [0.25, 0.3) is 5.91 Å². The first-order chi connectivity index (χ1) is 14.4. The summed E-state index contributed by atoms with van der Waals surface area (Å²) >= 11 is 0. The lowest BCUT2D eigenvalue weighted by atomic mass is 10.00. The van der Waals surface area contributed by atoms with Crippen LogP contribution < -0.4 is 15.4 Å². The van der Waals surface area contributed by atoms with E-state index in [-0.39, 0.29) is 12.5 Å². The first-order valence-electron chi connectivity index (χ1n) is 9.42. The number of para-hydroxylation sites is 1. The van der Waals surface area contributed by atoms with Crippen molar-refractivity contribution in [2.75, 3.05) is 16.9 Å². The van der Waals surface area contributed by atoms with E-state index in [2.05, 4.69) is 15.4 Å². The minimum atomic E-state index is -3.25. The zero-order valence-corrected chi connectivity index (χ0v) is 17.2. The molecule has 0 fully saturated rings. The molecule has 152 valence electrons. The van der Waals surface area contributed by atoms with Crippen molar-refractivity contribution in [1.82, 2.24) is 4.72 Å². The Balaban J connectivity index is 1.70. The Morgan fingerprint density at radius 1 is 0.900 bits per heavy atom. The number of hydrogen-bond donors (Lipinski definition) is 3. The Kier molecular flexibility index (Phi) is 5.39. The van der Waals surface area contributed by atoms with Crippen molar-refractivity contribution in [3.05, 3.63) is 95.6 Å². The van der Waals surface area contributed by atoms with Crippen LogP contribution >= 0.6 is 0 Å². The van der Waals surface area contributed by atoms with Crippen LogP contribution in [0.15, 0.2) is 78.9 Å². The average molecular weight is 420 g/mol. The Morgan fingerprint density at radius 2 is 1.57 bits per heavy atom. The molecule has 0 spiro atoms. The smallest absolute Gasteiger partial charge is 0.258 e. The van der Waals surface area contributed by atoms with Gasteiger partial charge in [0.15, 0.2) is 0 Å². The van der Waals surface area contributed by atoms with Gasteiger partial charge in [-0.05, 0) is 29.3 Å². The number of carbonyl (C=O) groups is 1. The number of amides is 1. The van der Waals surface area contributed by atoms with E-state index in [1.165, 1.54) is 0 Å². The van der Waals surface area contributed by atoms with Crippen molar-refractivity contribution in [3.63, 3.8) is 0 Å². The van der Waals surface area contributed by atoms with Gasteiger partial charge < -0.3 is 10.6 Å². The van der Waals surface area contributed by atoms with Gasteiger partial charge >= 0.3 is 0 Å². The van der Waals surface area contributed by atoms with Crippen molar-refractivity contribution in [1.29, 1.82) is 0 Å². The third-order valence-corrected chi connectivity index (χ3v) is 5.41. The number of benzene rings is 3. The van der Waals surface area contributed by atoms with Crippen LogP contribution in [0, 0.1) is 0 Å². The van der Waals surface area contributed by atoms with Crippen LogP contribution in [-0.4, -0.2) is 20.6 Å². The molecule has 1 amide bonds. The molecule has 0 saturated carbocycles. The number of fused-ring (bicyclic) bond motifs is 1. The SMILES string of the molecule is CS(=O)(=O)NCc1ccc(NC(=C2C(=O)Nc3ccccc32)c2ccccc2)cc1. The second kappa shape index (κ2) is 8.14. The quantitative estimate of drug-likeness (QED) is 0.532. The molecule has 0 radical (unpaired) electrons. The lowest BCUT2D eigenvalue weighted by molar-refractivity contribution is -0.110. The summed E-state index contributed by atoms with van der Waals surface area (Å²) in [6, 6.07) is 24.7. The zero-order chi connectivity index (χ0) is 21.1. The fourth-order valence-electron chi connectivity index (χ4n) is 3.31. The lowest BCUT2D eigenvalue weighted by Crippen LogP contribution is -2.21. The molecule has 0 aromatic heterocycles. The largest absolute Gasteiger partial charge is 0.354 e. The predicted octanol–water partition coefficient (Wildman–Crippen LogP) is 3.67. The maximum Gasteiger partial charge on any atom is 0.258 e. The molecule has 0 aliphatic carbocycles. The molecule has 3 aromatic carbocycles. The van der Waals surface area contributed by atoms with E-state index < -0.39 is 10.0 Å². The van der Waals surface area contributed by atoms with Gasteiger partial charge in [0.2, 0.25) is 10.0 Å². The molecule has 4 rings (SSSR count). The first kappa shape index (κ1) is 19.9. The number of rotatable bonds is 6. The summed E-state index contributed by atoms with van der Waals surface area (Å²) < 4.78 is 25.0. The monoisotopic (exact) mass is 419 g/mol. The maximum atomic E-state index is 12.8. The highest BCUT2D eigenvalue weighted by atomic mass is 32.2. The van der Waals surface area contributed by atoms with E-state index >= 15 is 0 Å². The molecule has 7 heteroatoms. The van der Waals surface area contributed by atoms with Gasteiger partial charge in [0.1, 0.15) is 0 Å². The van der Waals surface area contributed by atoms with Crippen LogP contribution in [0.2, 0.25) is 0 Å². The summed E-state index contributed by atoms with van der Waals surface area (Å²) in [7, 11) is -3.25. The fraction of sp³-hybridized carbons (Fsp3) is 0.0870. The highest BCUT2D eigenvalue weighted by molar-refractivity contribution is 7.88. The third-order valence-electron chi connectivity index (χ3n) is 4.75. The summed E-state index contributed by atoms with van der Waals surface area (Å²) in [4.78, 5) is 12.8. The molecular weight excluding hydrogens is 398 g/mol. The van der Waals surface area contributed by atoms with Crippen LogP contribution in [0.4, 0.5) is 11.4 Å². The van der Waals surface area contributed by atoms with E-state index in [4.69, 9.17) is 0 Å². The fourth-order valence-corrected chi connectivity index (χ4v) is 3.74. The van der Waals surface area contributed by atoms with Gasteiger partial charge in [-0.25, -0.2) is 13.1 Å². The average Bonchev–Trinajstić information content (AvgIpc) is 3.07. The van der Waals surface area contributed by atoms with E-state index in [1.54, 1.807) is 0 Å². The van der Waals surface area contributed by atoms with Crippen LogP contribution in [-0.2, 0) is 21.4 Å². The molecule has 3 aromatic rings. The third kappa shape index (κ3) is 4.42. The Labute approximate surface area is 175 Å². The molecule has 0 unspecified atom stereocenters. The summed E-state index contributed by atoms with van der Waals surface area (Å²) in [5, 5.41) is 6.31. The van der Waals surface area contributed by atoms with E-state index in [1.807, 2.05) is 78.9 Å². The molecule has 3 N–H and O–H groups in total. The topological polar surface area (TPSA) is 87.3 Å². The summed E-state index contributed by atoms with van der Waals surface area (Å²) in [5.41, 5.74) is 5.45. The second-order valence-electron chi connectivity index (χ2n) is 7.03. The summed E-state index contributed by atoms with van der Waals surface area (Å²) in [6.45, 7) is 0.224. The Bertz CT molecular complexity index is 1220. The van der Waals surface area contributed by atoms with Gasteiger partial charge in [0, 0.05) is 23.5 Å². The first-order valence-corrected chi connectivity index (χ1v) is 11.3. The highest BCUT2D eigenvalue weighted by Gasteiger charge is 2.27. The van der Waals surface area contributed by atoms with E-state index in [0.29, 0.717) is 11.3 Å². The molecule has 1 heterocycles. The molecule has 0 atom stereocenters. The van der Waals surface area contributed by atoms with Crippen molar-refractivity contribution < 1.29 is 13.2 Å². The van der Waals surface area contributed by atoms with Gasteiger partial charge in [-0.1, -0.05) is 60.7 Å². The minimum absolute atomic E-state index is 0.156. The van der Waals surface area contributed by atoms with Gasteiger partial charge in [-0.2, -0.15) is 0 Å². The molecule has 1 aliphatic rings. The van der Waals surface area contributed by atoms with Crippen molar-refractivity contribution in [3.8, 4) is 0 Å². The Hall–Kier alpha value is -3.42. The normalized spacial score (nSPS) is 14.8. The van der Waals surface area contributed by atoms with Gasteiger partial charge in [-0.15, -0.1) is 0 Å². The second-order valence-corrected chi connectivity index (χ2v) is 8.86. The van der Waals surface area contributed by atoms with Crippen LogP contribution in [0.3, 0.4) is 0 Å². The number of sulfonamides is 1. The zero-order valence-electron chi connectivity index (χ0n) is 16.3. The van der Waals surface area contributed by atoms with Crippen LogP contribution in [0.25, 0.3) is 11.3 Å².